The molecule has 0 unspecified atom stereocenters. The highest BCUT2D eigenvalue weighted by molar-refractivity contribution is 5.75. The van der Waals surface area contributed by atoms with Crippen LogP contribution in [0.25, 0.3) is 11.1 Å². The molecular formula is C33H37FO5. The van der Waals surface area contributed by atoms with Crippen molar-refractivity contribution in [2.75, 3.05) is 7.11 Å². The van der Waals surface area contributed by atoms with Gasteiger partial charge in [0.25, 0.3) is 0 Å². The van der Waals surface area contributed by atoms with Gasteiger partial charge in [-0.1, -0.05) is 39.0 Å². The lowest BCUT2D eigenvalue weighted by Crippen LogP contribution is -2.50. The van der Waals surface area contributed by atoms with E-state index in [2.05, 4.69) is 6.07 Å². The number of rotatable bonds is 7. The van der Waals surface area contributed by atoms with E-state index in [4.69, 9.17) is 9.47 Å². The minimum absolute atomic E-state index is 0.263. The van der Waals surface area contributed by atoms with E-state index in [0.717, 1.165) is 43.2 Å². The quantitative estimate of drug-likeness (QED) is 0.336. The molecule has 2 N–H and O–H groups in total. The zero-order valence-electron chi connectivity index (χ0n) is 23.1. The van der Waals surface area contributed by atoms with E-state index in [1.54, 1.807) is 12.1 Å². The maximum absolute atomic E-state index is 14.9. The summed E-state index contributed by atoms with van der Waals surface area (Å²) < 4.78 is 26.4. The van der Waals surface area contributed by atoms with Crippen LogP contribution in [-0.2, 0) is 23.2 Å². The Morgan fingerprint density at radius 1 is 1.05 bits per heavy atom. The predicted octanol–water partition coefficient (Wildman–Crippen LogP) is 7.23. The number of aliphatic carboxylic acids is 1. The lowest BCUT2D eigenvalue weighted by molar-refractivity contribution is -0.150. The van der Waals surface area contributed by atoms with Gasteiger partial charge < -0.3 is 19.7 Å². The number of carbonyl (C=O) groups is 1. The Bertz CT molecular complexity index is 1390. The lowest BCUT2D eigenvalue weighted by atomic mass is 9.52. The van der Waals surface area contributed by atoms with E-state index >= 15 is 0 Å². The Labute approximate surface area is 229 Å². The number of hydrogen-bond acceptors (Lipinski definition) is 4. The van der Waals surface area contributed by atoms with Crippen LogP contribution in [-0.4, -0.2) is 23.3 Å². The number of halogens is 1. The van der Waals surface area contributed by atoms with Crippen molar-refractivity contribution in [1.29, 1.82) is 0 Å². The zero-order valence-corrected chi connectivity index (χ0v) is 23.1. The summed E-state index contributed by atoms with van der Waals surface area (Å²) in [6.45, 7) is 6.10. The van der Waals surface area contributed by atoms with Crippen molar-refractivity contribution in [3.63, 3.8) is 0 Å². The van der Waals surface area contributed by atoms with Gasteiger partial charge in [-0.15, -0.1) is 0 Å². The lowest BCUT2D eigenvalue weighted by Gasteiger charge is -2.51. The Hall–Kier alpha value is -3.38. The van der Waals surface area contributed by atoms with Crippen LogP contribution in [0.15, 0.2) is 54.6 Å². The minimum atomic E-state index is -0.840. The van der Waals surface area contributed by atoms with E-state index in [1.165, 1.54) is 18.7 Å². The van der Waals surface area contributed by atoms with Gasteiger partial charge in [0.2, 0.25) is 0 Å². The largest absolute Gasteiger partial charge is 0.497 e. The first-order valence-electron chi connectivity index (χ1n) is 13.7. The van der Waals surface area contributed by atoms with Gasteiger partial charge in [0.05, 0.1) is 19.1 Å². The third-order valence-electron chi connectivity index (χ3n) is 8.63. The molecule has 3 aromatic carbocycles. The van der Waals surface area contributed by atoms with Gasteiger partial charge in [-0.3, -0.25) is 4.79 Å². The second-order valence-electron chi connectivity index (χ2n) is 12.1. The fourth-order valence-corrected chi connectivity index (χ4v) is 6.32. The number of ether oxygens (including phenoxy) is 2. The van der Waals surface area contributed by atoms with Gasteiger partial charge in [-0.2, -0.15) is 0 Å². The van der Waals surface area contributed by atoms with E-state index in [-0.39, 0.29) is 23.8 Å². The molecule has 2 aliphatic carbocycles. The molecule has 0 heterocycles. The summed E-state index contributed by atoms with van der Waals surface area (Å²) >= 11 is 0. The maximum atomic E-state index is 14.9. The van der Waals surface area contributed by atoms with Crippen LogP contribution in [0.3, 0.4) is 0 Å². The number of fused-ring (bicyclic) bond motifs is 2. The molecule has 206 valence electrons. The summed E-state index contributed by atoms with van der Waals surface area (Å²) in [4.78, 5) is 11.9. The van der Waals surface area contributed by atoms with Crippen molar-refractivity contribution in [2.45, 2.75) is 71.0 Å². The average Bonchev–Trinajstić information content (AvgIpc) is 2.89. The first-order chi connectivity index (χ1) is 18.5. The van der Waals surface area contributed by atoms with E-state index in [9.17, 15) is 19.4 Å². The number of benzene rings is 3. The number of methoxy groups -OCH3 is 1. The van der Waals surface area contributed by atoms with Crippen molar-refractivity contribution in [1.82, 2.24) is 0 Å². The molecule has 6 heteroatoms. The smallest absolute Gasteiger partial charge is 0.307 e. The van der Waals surface area contributed by atoms with Gasteiger partial charge >= 0.3 is 5.97 Å². The van der Waals surface area contributed by atoms with Crippen LogP contribution >= 0.6 is 0 Å². The molecule has 0 radical (unpaired) electrons. The number of aliphatic hydroxyl groups excluding tert-OH is 1. The Kier molecular flexibility index (Phi) is 7.19. The number of carboxylic acids is 1. The molecule has 0 aromatic heterocycles. The summed E-state index contributed by atoms with van der Waals surface area (Å²) in [6, 6.07) is 16.3. The van der Waals surface area contributed by atoms with Crippen LogP contribution in [0.5, 0.6) is 11.5 Å². The van der Waals surface area contributed by atoms with E-state index in [0.29, 0.717) is 28.2 Å². The van der Waals surface area contributed by atoms with Crippen molar-refractivity contribution >= 4 is 5.97 Å². The first kappa shape index (κ1) is 27.2. The summed E-state index contributed by atoms with van der Waals surface area (Å²) in [5.74, 6) is -0.194. The maximum Gasteiger partial charge on any atom is 0.307 e. The molecule has 1 saturated carbocycles. The van der Waals surface area contributed by atoms with Gasteiger partial charge in [0, 0.05) is 11.0 Å². The molecule has 2 aliphatic rings. The topological polar surface area (TPSA) is 76.0 Å². The second-order valence-corrected chi connectivity index (χ2v) is 12.1. The van der Waals surface area contributed by atoms with Crippen LogP contribution in [0, 0.1) is 17.2 Å². The molecule has 5 nitrogen and oxygen atoms in total. The van der Waals surface area contributed by atoms with Crippen LogP contribution in [0.2, 0.25) is 0 Å². The zero-order chi connectivity index (χ0) is 27.9. The standard InChI is InChI=1S/C33H37FO5/c1-32(2,3)30(35)26-16-20(7-11-24(26)25-17-22(38-4)10-12-29(25)34)19-39-23-9-8-21-6-5-14-33(28(21)18-23)15-13-27(33)31(36)37/h7-12,16-18,27,30,35H,5-6,13-15,19H2,1-4H3,(H,36,37)/t27-,30-,33+/m1/s1. The molecule has 0 amide bonds. The third kappa shape index (κ3) is 5.03. The van der Waals surface area contributed by atoms with Crippen molar-refractivity contribution in [3.8, 4) is 22.6 Å². The van der Waals surface area contributed by atoms with Gasteiger partial charge in [-0.05, 0) is 102 Å². The van der Waals surface area contributed by atoms with Crippen molar-refractivity contribution < 1.29 is 28.9 Å². The molecule has 3 atom stereocenters. The molecular weight excluding hydrogens is 495 g/mol. The molecule has 1 spiro atoms. The normalized spacial score (nSPS) is 21.1. The predicted molar refractivity (Wildman–Crippen MR) is 149 cm³/mol. The molecule has 1 fully saturated rings. The fraction of sp³-hybridized carbons (Fsp3) is 0.424. The highest BCUT2D eigenvalue weighted by Crippen LogP contribution is 2.55. The van der Waals surface area contributed by atoms with Crippen LogP contribution in [0.1, 0.15) is 74.8 Å². The number of hydrogen-bond donors (Lipinski definition) is 2. The summed E-state index contributed by atoms with van der Waals surface area (Å²) in [5.41, 5.74) is 4.04. The molecule has 0 aliphatic heterocycles. The summed E-state index contributed by atoms with van der Waals surface area (Å²) in [6.07, 6.45) is 3.65. The van der Waals surface area contributed by atoms with E-state index in [1.807, 2.05) is 51.1 Å². The van der Waals surface area contributed by atoms with Crippen molar-refractivity contribution in [2.24, 2.45) is 11.3 Å². The van der Waals surface area contributed by atoms with Gasteiger partial charge in [0.1, 0.15) is 23.9 Å². The molecule has 3 aromatic rings. The van der Waals surface area contributed by atoms with Crippen LogP contribution < -0.4 is 9.47 Å². The SMILES string of the molecule is COc1ccc(F)c(-c2ccc(COc3ccc4c(c3)[C@@]3(CCC4)CC[C@@H]3C(=O)O)cc2[C@@H](O)C(C)(C)C)c1. The first-order valence-corrected chi connectivity index (χ1v) is 13.7. The Morgan fingerprint density at radius 3 is 2.49 bits per heavy atom. The summed E-state index contributed by atoms with van der Waals surface area (Å²) in [5, 5.41) is 21.1. The van der Waals surface area contributed by atoms with E-state index < -0.39 is 17.5 Å². The third-order valence-corrected chi connectivity index (χ3v) is 8.63. The number of carboxylic acid groups (broad SMARTS) is 1. The molecule has 0 bridgehead atoms. The molecule has 39 heavy (non-hydrogen) atoms. The molecule has 5 rings (SSSR count). The minimum Gasteiger partial charge on any atom is -0.497 e. The monoisotopic (exact) mass is 532 g/mol. The fourth-order valence-electron chi connectivity index (χ4n) is 6.32. The average molecular weight is 533 g/mol. The van der Waals surface area contributed by atoms with Crippen LogP contribution in [0.4, 0.5) is 4.39 Å². The highest BCUT2D eigenvalue weighted by atomic mass is 19.1. The Morgan fingerprint density at radius 2 is 1.82 bits per heavy atom. The van der Waals surface area contributed by atoms with Gasteiger partial charge in [-0.25, -0.2) is 4.39 Å². The highest BCUT2D eigenvalue weighted by Gasteiger charge is 2.53. The number of aliphatic hydroxyl groups is 1. The van der Waals surface area contributed by atoms with Crippen molar-refractivity contribution in [3.05, 3.63) is 82.7 Å². The summed E-state index contributed by atoms with van der Waals surface area (Å²) in [7, 11) is 1.54. The Balaban J connectivity index is 1.45. The second kappa shape index (κ2) is 10.3. The number of aryl methyl sites for hydroxylation is 1. The molecule has 0 saturated heterocycles. The van der Waals surface area contributed by atoms with Gasteiger partial charge in [0.15, 0.2) is 0 Å².